The van der Waals surface area contributed by atoms with Gasteiger partial charge in [-0.25, -0.2) is 4.98 Å². The third kappa shape index (κ3) is 3.14. The monoisotopic (exact) mass is 306 g/mol. The van der Waals surface area contributed by atoms with Gasteiger partial charge in [0.2, 0.25) is 5.91 Å². The smallest absolute Gasteiger partial charge is 0.233 e. The van der Waals surface area contributed by atoms with Crippen molar-refractivity contribution in [2.24, 2.45) is 5.73 Å². The van der Waals surface area contributed by atoms with Crippen molar-refractivity contribution >= 4 is 28.2 Å². The molecule has 1 atom stereocenters. The molecule has 0 aliphatic heterocycles. The van der Waals surface area contributed by atoms with E-state index >= 15 is 0 Å². The van der Waals surface area contributed by atoms with E-state index in [0.29, 0.717) is 11.5 Å². The number of pyridine rings is 1. The summed E-state index contributed by atoms with van der Waals surface area (Å²) in [5.41, 5.74) is 13.2. The van der Waals surface area contributed by atoms with Crippen LogP contribution in [0.3, 0.4) is 0 Å². The van der Waals surface area contributed by atoms with E-state index in [1.807, 2.05) is 54.6 Å². The molecule has 5 heteroatoms. The van der Waals surface area contributed by atoms with E-state index in [1.165, 1.54) is 0 Å². The minimum Gasteiger partial charge on any atom is -0.383 e. The first kappa shape index (κ1) is 15.0. The Bertz CT molecular complexity index is 833. The van der Waals surface area contributed by atoms with Crippen LogP contribution in [0.1, 0.15) is 11.5 Å². The topological polar surface area (TPSA) is 94.0 Å². The number of hydrogen-bond acceptors (Lipinski definition) is 4. The van der Waals surface area contributed by atoms with Crippen molar-refractivity contribution in [1.82, 2.24) is 4.98 Å². The summed E-state index contributed by atoms with van der Waals surface area (Å²) in [5.74, 6) is -0.0287. The lowest BCUT2D eigenvalue weighted by atomic mass is 9.98. The Morgan fingerprint density at radius 1 is 1.13 bits per heavy atom. The molecular weight excluding hydrogens is 288 g/mol. The van der Waals surface area contributed by atoms with Crippen molar-refractivity contribution in [3.63, 3.8) is 0 Å². The average molecular weight is 306 g/mol. The van der Waals surface area contributed by atoms with Crippen LogP contribution in [-0.4, -0.2) is 17.4 Å². The molecule has 0 saturated heterocycles. The van der Waals surface area contributed by atoms with Gasteiger partial charge in [-0.2, -0.15) is 0 Å². The summed E-state index contributed by atoms with van der Waals surface area (Å²) in [5, 5.41) is 4.72. The summed E-state index contributed by atoms with van der Waals surface area (Å²) in [7, 11) is 0. The number of nitrogen functional groups attached to an aromatic ring is 1. The lowest BCUT2D eigenvalue weighted by molar-refractivity contribution is -0.117. The maximum absolute atomic E-state index is 12.5. The molecule has 0 aliphatic carbocycles. The predicted molar refractivity (Wildman–Crippen MR) is 93.0 cm³/mol. The molecule has 5 nitrogen and oxygen atoms in total. The van der Waals surface area contributed by atoms with Crippen molar-refractivity contribution in [2.45, 2.75) is 5.92 Å². The molecule has 0 spiro atoms. The van der Waals surface area contributed by atoms with Gasteiger partial charge in [-0.1, -0.05) is 30.3 Å². The summed E-state index contributed by atoms with van der Waals surface area (Å²) >= 11 is 0. The van der Waals surface area contributed by atoms with E-state index < -0.39 is 0 Å². The van der Waals surface area contributed by atoms with Crippen molar-refractivity contribution in [3.8, 4) is 0 Å². The van der Waals surface area contributed by atoms with E-state index in [1.54, 1.807) is 6.20 Å². The van der Waals surface area contributed by atoms with Crippen LogP contribution < -0.4 is 16.8 Å². The number of anilines is 2. The van der Waals surface area contributed by atoms with Gasteiger partial charge in [0, 0.05) is 23.8 Å². The Hall–Kier alpha value is -2.92. The summed E-state index contributed by atoms with van der Waals surface area (Å²) in [6.07, 6.45) is 1.65. The van der Waals surface area contributed by atoms with Gasteiger partial charge in [0.1, 0.15) is 5.82 Å². The zero-order valence-electron chi connectivity index (χ0n) is 12.6. The highest BCUT2D eigenvalue weighted by atomic mass is 16.1. The Morgan fingerprint density at radius 2 is 1.91 bits per heavy atom. The molecule has 1 aromatic heterocycles. The van der Waals surface area contributed by atoms with Crippen molar-refractivity contribution in [2.75, 3.05) is 17.6 Å². The number of nitrogens with zero attached hydrogens (tertiary/aromatic N) is 1. The number of fused-ring (bicyclic) bond motifs is 1. The van der Waals surface area contributed by atoms with E-state index in [9.17, 15) is 4.79 Å². The van der Waals surface area contributed by atoms with Crippen LogP contribution in [0.4, 0.5) is 11.5 Å². The maximum atomic E-state index is 12.5. The van der Waals surface area contributed by atoms with Crippen LogP contribution in [0.2, 0.25) is 0 Å². The largest absolute Gasteiger partial charge is 0.383 e. The third-order valence-corrected chi connectivity index (χ3v) is 3.82. The second-order valence-corrected chi connectivity index (χ2v) is 5.32. The second kappa shape index (κ2) is 6.46. The lowest BCUT2D eigenvalue weighted by Gasteiger charge is -2.15. The predicted octanol–water partition coefficient (Wildman–Crippen LogP) is 2.50. The highest BCUT2D eigenvalue weighted by Crippen LogP contribution is 2.23. The molecule has 3 aromatic rings. The van der Waals surface area contributed by atoms with E-state index in [0.717, 1.165) is 16.3 Å². The van der Waals surface area contributed by atoms with Crippen molar-refractivity contribution in [1.29, 1.82) is 0 Å². The number of aromatic nitrogens is 1. The molecule has 23 heavy (non-hydrogen) atoms. The first-order valence-corrected chi connectivity index (χ1v) is 7.39. The summed E-state index contributed by atoms with van der Waals surface area (Å²) in [6.45, 7) is 0.250. The quantitative estimate of drug-likeness (QED) is 0.690. The minimum absolute atomic E-state index is 0.125. The average Bonchev–Trinajstić information content (AvgIpc) is 2.56. The fourth-order valence-corrected chi connectivity index (χ4v) is 2.59. The van der Waals surface area contributed by atoms with E-state index in [2.05, 4.69) is 10.3 Å². The fourth-order valence-electron chi connectivity index (χ4n) is 2.59. The number of hydrogen-bond donors (Lipinski definition) is 3. The first-order chi connectivity index (χ1) is 11.2. The molecule has 3 rings (SSSR count). The number of amides is 1. The summed E-state index contributed by atoms with van der Waals surface area (Å²) < 4.78 is 0. The third-order valence-electron chi connectivity index (χ3n) is 3.82. The molecule has 1 amide bonds. The fraction of sp³-hybridized carbons (Fsp3) is 0.111. The second-order valence-electron chi connectivity index (χ2n) is 5.32. The Kier molecular flexibility index (Phi) is 4.21. The van der Waals surface area contributed by atoms with Crippen molar-refractivity contribution in [3.05, 3.63) is 66.4 Å². The minimum atomic E-state index is -0.380. The van der Waals surface area contributed by atoms with Crippen LogP contribution >= 0.6 is 0 Å². The van der Waals surface area contributed by atoms with Gasteiger partial charge in [0.15, 0.2) is 0 Å². The van der Waals surface area contributed by atoms with Crippen LogP contribution in [0.15, 0.2) is 60.8 Å². The lowest BCUT2D eigenvalue weighted by Crippen LogP contribution is -2.27. The molecule has 1 heterocycles. The number of rotatable bonds is 4. The molecule has 0 radical (unpaired) electrons. The Labute approximate surface area is 134 Å². The number of benzene rings is 2. The van der Waals surface area contributed by atoms with Gasteiger partial charge in [-0.05, 0) is 35.2 Å². The molecular formula is C18H18N4O. The molecule has 5 N–H and O–H groups in total. The van der Waals surface area contributed by atoms with Gasteiger partial charge in [0.05, 0.1) is 5.92 Å². The number of nitrogens with two attached hydrogens (primary N) is 2. The van der Waals surface area contributed by atoms with Crippen molar-refractivity contribution < 1.29 is 4.79 Å². The molecule has 2 aromatic carbocycles. The zero-order valence-corrected chi connectivity index (χ0v) is 12.6. The van der Waals surface area contributed by atoms with Gasteiger partial charge >= 0.3 is 0 Å². The number of carbonyl (C=O) groups is 1. The molecule has 0 bridgehead atoms. The molecule has 0 saturated carbocycles. The highest BCUT2D eigenvalue weighted by molar-refractivity contribution is 5.99. The molecule has 0 unspecified atom stereocenters. The highest BCUT2D eigenvalue weighted by Gasteiger charge is 2.19. The molecule has 116 valence electrons. The van der Waals surface area contributed by atoms with Gasteiger partial charge < -0.3 is 16.8 Å². The van der Waals surface area contributed by atoms with E-state index in [-0.39, 0.29) is 18.4 Å². The number of nitrogens with one attached hydrogen (secondary N) is 1. The number of carbonyl (C=O) groups excluding carboxylic acids is 1. The first-order valence-electron chi connectivity index (χ1n) is 7.39. The standard InChI is InChI=1S/C18H18N4O/c19-11-16(12-4-2-1-3-5-12)18(23)22-14-6-7-15-13(10-14)8-9-21-17(15)20/h1-10,16H,11,19H2,(H2,20,21)(H,22,23)/t16-/m1/s1. The van der Waals surface area contributed by atoms with Gasteiger partial charge in [-0.3, -0.25) is 4.79 Å². The zero-order chi connectivity index (χ0) is 16.2. The molecule has 0 fully saturated rings. The maximum Gasteiger partial charge on any atom is 0.233 e. The Morgan fingerprint density at radius 3 is 2.65 bits per heavy atom. The molecule has 0 aliphatic rings. The van der Waals surface area contributed by atoms with Crippen LogP contribution in [-0.2, 0) is 4.79 Å². The Balaban J connectivity index is 1.84. The van der Waals surface area contributed by atoms with Crippen LogP contribution in [0.25, 0.3) is 10.8 Å². The normalized spacial score (nSPS) is 12.0. The van der Waals surface area contributed by atoms with Crippen LogP contribution in [0.5, 0.6) is 0 Å². The summed E-state index contributed by atoms with van der Waals surface area (Å²) in [6, 6.07) is 16.9. The van der Waals surface area contributed by atoms with E-state index in [4.69, 9.17) is 11.5 Å². The SMILES string of the molecule is NC[C@@H](C(=O)Nc1ccc2c(N)nccc2c1)c1ccccc1. The summed E-state index contributed by atoms with van der Waals surface area (Å²) in [4.78, 5) is 16.6. The van der Waals surface area contributed by atoms with Gasteiger partial charge in [-0.15, -0.1) is 0 Å². The van der Waals surface area contributed by atoms with Gasteiger partial charge in [0.25, 0.3) is 0 Å². The van der Waals surface area contributed by atoms with Crippen LogP contribution in [0, 0.1) is 0 Å².